The summed E-state index contributed by atoms with van der Waals surface area (Å²) in [6, 6.07) is 15.3. The van der Waals surface area contributed by atoms with E-state index in [1.54, 1.807) is 18.2 Å². The highest BCUT2D eigenvalue weighted by Gasteiger charge is 2.02. The van der Waals surface area contributed by atoms with Crippen LogP contribution in [0.5, 0.6) is 5.75 Å². The van der Waals surface area contributed by atoms with Crippen LogP contribution in [0.3, 0.4) is 0 Å². The largest absolute Gasteiger partial charge is 0.479 e. The zero-order chi connectivity index (χ0) is 15.1. The Morgan fingerprint density at radius 3 is 2.52 bits per heavy atom. The molecule has 0 saturated carbocycles. The van der Waals surface area contributed by atoms with Crippen molar-refractivity contribution in [3.63, 3.8) is 0 Å². The average Bonchev–Trinajstić information content (AvgIpc) is 2.53. The lowest BCUT2D eigenvalue weighted by Gasteiger charge is -2.08. The molecule has 5 heteroatoms. The molecule has 2 rings (SSSR count). The fraction of sp³-hybridized carbons (Fsp3) is 0.125. The first kappa shape index (κ1) is 14.4. The smallest absolute Gasteiger partial charge is 0.174 e. The van der Waals surface area contributed by atoms with Crippen LogP contribution in [0.15, 0.2) is 42.5 Å². The SMILES string of the molecule is N#CCOc1ccc(NCc2ccc(F)c(C#N)c2)cc1. The van der Waals surface area contributed by atoms with Crippen LogP contribution in [0.1, 0.15) is 11.1 Å². The van der Waals surface area contributed by atoms with Crippen LogP contribution >= 0.6 is 0 Å². The second-order valence-electron chi connectivity index (χ2n) is 4.25. The minimum absolute atomic E-state index is 0.0132. The summed E-state index contributed by atoms with van der Waals surface area (Å²) < 4.78 is 18.3. The molecule has 0 aliphatic rings. The minimum Gasteiger partial charge on any atom is -0.479 e. The van der Waals surface area contributed by atoms with Crippen LogP contribution in [0, 0.1) is 28.5 Å². The molecule has 2 aromatic rings. The molecule has 0 bridgehead atoms. The highest BCUT2D eigenvalue weighted by Crippen LogP contribution is 2.17. The van der Waals surface area contributed by atoms with Crippen molar-refractivity contribution >= 4 is 5.69 Å². The van der Waals surface area contributed by atoms with Crippen LogP contribution in [-0.4, -0.2) is 6.61 Å². The number of nitriles is 2. The lowest BCUT2D eigenvalue weighted by atomic mass is 10.1. The van der Waals surface area contributed by atoms with Gasteiger partial charge in [-0.15, -0.1) is 0 Å². The third kappa shape index (κ3) is 3.95. The first-order chi connectivity index (χ1) is 10.2. The summed E-state index contributed by atoms with van der Waals surface area (Å²) >= 11 is 0. The maximum absolute atomic E-state index is 13.2. The van der Waals surface area contributed by atoms with Crippen molar-refractivity contribution in [3.8, 4) is 17.9 Å². The van der Waals surface area contributed by atoms with Gasteiger partial charge in [-0.2, -0.15) is 10.5 Å². The van der Waals surface area contributed by atoms with Crippen molar-refractivity contribution in [2.75, 3.05) is 11.9 Å². The molecule has 2 aromatic carbocycles. The maximum Gasteiger partial charge on any atom is 0.174 e. The second kappa shape index (κ2) is 6.93. The van der Waals surface area contributed by atoms with E-state index in [0.29, 0.717) is 12.3 Å². The Kier molecular flexibility index (Phi) is 4.74. The Morgan fingerprint density at radius 2 is 1.86 bits per heavy atom. The van der Waals surface area contributed by atoms with Gasteiger partial charge >= 0.3 is 0 Å². The number of anilines is 1. The minimum atomic E-state index is -0.514. The summed E-state index contributed by atoms with van der Waals surface area (Å²) in [5, 5.41) is 20.4. The lowest BCUT2D eigenvalue weighted by molar-refractivity contribution is 0.368. The van der Waals surface area contributed by atoms with Gasteiger partial charge in [0.2, 0.25) is 0 Å². The van der Waals surface area contributed by atoms with E-state index < -0.39 is 5.82 Å². The summed E-state index contributed by atoms with van der Waals surface area (Å²) in [7, 11) is 0. The fourth-order valence-electron chi connectivity index (χ4n) is 1.76. The van der Waals surface area contributed by atoms with Gasteiger partial charge in [0.1, 0.15) is 23.7 Å². The third-order valence-electron chi connectivity index (χ3n) is 2.81. The third-order valence-corrected chi connectivity index (χ3v) is 2.81. The lowest BCUT2D eigenvalue weighted by Crippen LogP contribution is -2.00. The van der Waals surface area contributed by atoms with Crippen molar-refractivity contribution in [2.24, 2.45) is 0 Å². The number of ether oxygens (including phenoxy) is 1. The average molecular weight is 281 g/mol. The summed E-state index contributed by atoms with van der Waals surface area (Å²) in [6.07, 6.45) is 0. The summed E-state index contributed by atoms with van der Waals surface area (Å²) in [6.45, 7) is 0.493. The van der Waals surface area contributed by atoms with Gasteiger partial charge in [-0.05, 0) is 42.0 Å². The van der Waals surface area contributed by atoms with Crippen LogP contribution in [0.2, 0.25) is 0 Å². The number of hydrogen-bond donors (Lipinski definition) is 1. The molecule has 0 aromatic heterocycles. The van der Waals surface area contributed by atoms with Crippen molar-refractivity contribution < 1.29 is 9.13 Å². The van der Waals surface area contributed by atoms with E-state index in [9.17, 15) is 4.39 Å². The molecule has 0 atom stereocenters. The Morgan fingerprint density at radius 1 is 1.10 bits per heavy atom. The Bertz CT molecular complexity index is 699. The molecular weight excluding hydrogens is 269 g/mol. The van der Waals surface area contributed by atoms with E-state index in [-0.39, 0.29) is 12.2 Å². The predicted molar refractivity (Wildman–Crippen MR) is 76.0 cm³/mol. The number of benzene rings is 2. The van der Waals surface area contributed by atoms with E-state index in [1.165, 1.54) is 12.1 Å². The molecule has 4 nitrogen and oxygen atoms in total. The van der Waals surface area contributed by atoms with Crippen molar-refractivity contribution in [2.45, 2.75) is 6.54 Å². The number of hydrogen-bond acceptors (Lipinski definition) is 4. The van der Waals surface area contributed by atoms with Crippen LogP contribution in [0.25, 0.3) is 0 Å². The molecule has 0 amide bonds. The van der Waals surface area contributed by atoms with Gasteiger partial charge in [-0.1, -0.05) is 6.07 Å². The molecule has 0 aliphatic carbocycles. The van der Waals surface area contributed by atoms with Gasteiger partial charge in [-0.25, -0.2) is 4.39 Å². The van der Waals surface area contributed by atoms with Crippen LogP contribution < -0.4 is 10.1 Å². The van der Waals surface area contributed by atoms with Gasteiger partial charge in [0.05, 0.1) is 5.56 Å². The van der Waals surface area contributed by atoms with Crippen molar-refractivity contribution in [3.05, 3.63) is 59.4 Å². The highest BCUT2D eigenvalue weighted by molar-refractivity contribution is 5.47. The molecule has 1 N–H and O–H groups in total. The Hall–Kier alpha value is -3.05. The monoisotopic (exact) mass is 281 g/mol. The van der Waals surface area contributed by atoms with E-state index in [1.807, 2.05) is 24.3 Å². The number of rotatable bonds is 5. The molecular formula is C16H12FN3O. The zero-order valence-corrected chi connectivity index (χ0v) is 11.1. The topological polar surface area (TPSA) is 68.8 Å². The number of nitrogens with zero attached hydrogens (tertiary/aromatic N) is 2. The van der Waals surface area contributed by atoms with Crippen LogP contribution in [0.4, 0.5) is 10.1 Å². The molecule has 0 radical (unpaired) electrons. The second-order valence-corrected chi connectivity index (χ2v) is 4.25. The van der Waals surface area contributed by atoms with E-state index in [4.69, 9.17) is 15.3 Å². The molecule has 21 heavy (non-hydrogen) atoms. The van der Waals surface area contributed by atoms with Gasteiger partial charge in [0.15, 0.2) is 6.61 Å². The highest BCUT2D eigenvalue weighted by atomic mass is 19.1. The molecule has 0 heterocycles. The number of nitrogens with one attached hydrogen (secondary N) is 1. The summed E-state index contributed by atoms with van der Waals surface area (Å²) in [4.78, 5) is 0. The molecule has 0 unspecified atom stereocenters. The van der Waals surface area contributed by atoms with Gasteiger partial charge < -0.3 is 10.1 Å². The summed E-state index contributed by atoms with van der Waals surface area (Å²) in [5.41, 5.74) is 1.72. The van der Waals surface area contributed by atoms with E-state index >= 15 is 0 Å². The van der Waals surface area contributed by atoms with E-state index in [0.717, 1.165) is 11.3 Å². The molecule has 0 saturated heterocycles. The first-order valence-corrected chi connectivity index (χ1v) is 6.25. The van der Waals surface area contributed by atoms with E-state index in [2.05, 4.69) is 5.32 Å². The predicted octanol–water partition coefficient (Wildman–Crippen LogP) is 3.21. The fourth-order valence-corrected chi connectivity index (χ4v) is 1.76. The zero-order valence-electron chi connectivity index (χ0n) is 11.1. The maximum atomic E-state index is 13.2. The first-order valence-electron chi connectivity index (χ1n) is 6.25. The van der Waals surface area contributed by atoms with Crippen molar-refractivity contribution in [1.29, 1.82) is 10.5 Å². The van der Waals surface area contributed by atoms with Gasteiger partial charge in [-0.3, -0.25) is 0 Å². The molecule has 0 spiro atoms. The molecule has 0 aliphatic heterocycles. The van der Waals surface area contributed by atoms with Crippen LogP contribution in [-0.2, 0) is 6.54 Å². The summed E-state index contributed by atoms with van der Waals surface area (Å²) in [5.74, 6) is 0.107. The Balaban J connectivity index is 1.97. The Labute approximate surface area is 122 Å². The normalized spacial score (nSPS) is 9.48. The molecule has 0 fully saturated rings. The quantitative estimate of drug-likeness (QED) is 0.913. The van der Waals surface area contributed by atoms with Gasteiger partial charge in [0.25, 0.3) is 0 Å². The standard InChI is InChI=1S/C16H12FN3O/c17-16-6-1-12(9-13(16)10-19)11-20-14-2-4-15(5-3-14)21-8-7-18/h1-6,9,20H,8,11H2. The van der Waals surface area contributed by atoms with Crippen molar-refractivity contribution in [1.82, 2.24) is 0 Å². The number of halogens is 1. The molecule has 104 valence electrons. The van der Waals surface area contributed by atoms with Gasteiger partial charge in [0, 0.05) is 12.2 Å².